The van der Waals surface area contributed by atoms with Gasteiger partial charge >= 0.3 is 0 Å². The number of rotatable bonds is 4. The largest absolute Gasteiger partial charge is 0.320 e. The molecule has 0 fully saturated rings. The van der Waals surface area contributed by atoms with Gasteiger partial charge in [-0.15, -0.1) is 0 Å². The number of carbonyl (C=O) groups excluding carboxylic acids is 1. The van der Waals surface area contributed by atoms with Gasteiger partial charge in [-0.25, -0.2) is 4.68 Å². The maximum Gasteiger partial charge on any atom is 0.276 e. The van der Waals surface area contributed by atoms with Crippen LogP contribution in [-0.4, -0.2) is 15.7 Å². The van der Waals surface area contributed by atoms with Crippen LogP contribution >= 0.6 is 0 Å². The second-order valence-electron chi connectivity index (χ2n) is 5.85. The summed E-state index contributed by atoms with van der Waals surface area (Å²) < 4.78 is 1.34. The molecule has 1 aromatic carbocycles. The minimum absolute atomic E-state index is 0.197. The van der Waals surface area contributed by atoms with E-state index in [2.05, 4.69) is 10.4 Å². The Morgan fingerprint density at radius 1 is 1.18 bits per heavy atom. The minimum Gasteiger partial charge on any atom is -0.320 e. The summed E-state index contributed by atoms with van der Waals surface area (Å²) in [5.74, 6) is -0.0305. The third kappa shape index (κ3) is 3.61. The lowest BCUT2D eigenvalue weighted by Gasteiger charge is -2.12. The smallest absolute Gasteiger partial charge is 0.276 e. The van der Waals surface area contributed by atoms with Crippen LogP contribution in [0, 0.1) is 19.8 Å². The predicted octanol–water partition coefficient (Wildman–Crippen LogP) is 2.77. The number of benzene rings is 1. The van der Waals surface area contributed by atoms with E-state index in [1.807, 2.05) is 45.9 Å². The highest BCUT2D eigenvalue weighted by molar-refractivity contribution is 6.03. The molecule has 0 aliphatic heterocycles. The molecule has 2 aromatic rings. The summed E-state index contributed by atoms with van der Waals surface area (Å²) in [6, 6.07) is 8.67. The van der Waals surface area contributed by atoms with Gasteiger partial charge in [-0.05, 0) is 37.0 Å². The van der Waals surface area contributed by atoms with Crippen LogP contribution in [0.4, 0.5) is 5.69 Å². The van der Waals surface area contributed by atoms with Gasteiger partial charge in [0.2, 0.25) is 0 Å². The van der Waals surface area contributed by atoms with Gasteiger partial charge in [-0.2, -0.15) is 5.10 Å². The maximum absolute atomic E-state index is 12.4. The fourth-order valence-corrected chi connectivity index (χ4v) is 2.24. The molecule has 1 N–H and O–H groups in total. The molecule has 1 amide bonds. The molecule has 0 aliphatic rings. The second kappa shape index (κ2) is 6.56. The number of hydrogen-bond acceptors (Lipinski definition) is 3. The summed E-state index contributed by atoms with van der Waals surface area (Å²) >= 11 is 0. The molecule has 0 aliphatic carbocycles. The van der Waals surface area contributed by atoms with Gasteiger partial charge in [0.15, 0.2) is 0 Å². The Morgan fingerprint density at radius 2 is 1.82 bits per heavy atom. The maximum atomic E-state index is 12.4. The van der Waals surface area contributed by atoms with Crippen molar-refractivity contribution < 1.29 is 4.79 Å². The zero-order chi connectivity index (χ0) is 16.3. The third-order valence-corrected chi connectivity index (χ3v) is 3.36. The van der Waals surface area contributed by atoms with Gasteiger partial charge < -0.3 is 5.32 Å². The van der Waals surface area contributed by atoms with Crippen molar-refractivity contribution in [1.29, 1.82) is 0 Å². The van der Waals surface area contributed by atoms with Crippen LogP contribution < -0.4 is 10.9 Å². The molecule has 5 heteroatoms. The lowest BCUT2D eigenvalue weighted by atomic mass is 10.1. The van der Waals surface area contributed by atoms with Crippen molar-refractivity contribution in [3.63, 3.8) is 0 Å². The van der Waals surface area contributed by atoms with Crippen LogP contribution in [0.2, 0.25) is 0 Å². The van der Waals surface area contributed by atoms with E-state index >= 15 is 0 Å². The molecule has 0 saturated heterocycles. The molecule has 0 atom stereocenters. The van der Waals surface area contributed by atoms with Crippen LogP contribution in [0.1, 0.15) is 35.5 Å². The first kappa shape index (κ1) is 15.9. The molecule has 22 heavy (non-hydrogen) atoms. The second-order valence-corrected chi connectivity index (χ2v) is 5.85. The average Bonchev–Trinajstić information content (AvgIpc) is 2.44. The number of nitrogens with one attached hydrogen (secondary N) is 1. The molecule has 2 rings (SSSR count). The Bertz CT molecular complexity index is 728. The van der Waals surface area contributed by atoms with Gasteiger partial charge in [0, 0.05) is 18.3 Å². The molecule has 0 spiro atoms. The molecule has 0 saturated carbocycles. The predicted molar refractivity (Wildman–Crippen MR) is 87.2 cm³/mol. The first-order chi connectivity index (χ1) is 10.4. The monoisotopic (exact) mass is 299 g/mol. The lowest BCUT2D eigenvalue weighted by molar-refractivity contribution is 0.101. The van der Waals surface area contributed by atoms with Crippen molar-refractivity contribution in [3.8, 4) is 0 Å². The van der Waals surface area contributed by atoms with E-state index in [0.29, 0.717) is 6.54 Å². The zero-order valence-corrected chi connectivity index (χ0v) is 13.4. The van der Waals surface area contributed by atoms with E-state index < -0.39 is 0 Å². The Balaban J connectivity index is 2.28. The van der Waals surface area contributed by atoms with Crippen molar-refractivity contribution in [2.75, 3.05) is 5.32 Å². The zero-order valence-electron chi connectivity index (χ0n) is 13.4. The highest BCUT2D eigenvalue weighted by Crippen LogP contribution is 2.19. The first-order valence-electron chi connectivity index (χ1n) is 7.34. The summed E-state index contributed by atoms with van der Waals surface area (Å²) in [6.45, 7) is 8.36. The van der Waals surface area contributed by atoms with E-state index in [-0.39, 0.29) is 23.1 Å². The molecule has 1 aromatic heterocycles. The average molecular weight is 299 g/mol. The van der Waals surface area contributed by atoms with E-state index in [1.54, 1.807) is 0 Å². The number of carbonyl (C=O) groups is 1. The summed E-state index contributed by atoms with van der Waals surface area (Å²) in [5.41, 5.74) is 2.81. The van der Waals surface area contributed by atoms with Crippen LogP contribution in [-0.2, 0) is 6.54 Å². The quantitative estimate of drug-likeness (QED) is 0.944. The molecular formula is C17H21N3O2. The number of nitrogens with zero attached hydrogens (tertiary/aromatic N) is 2. The number of amides is 1. The number of aromatic nitrogens is 2. The van der Waals surface area contributed by atoms with Gasteiger partial charge in [0.1, 0.15) is 5.69 Å². The summed E-state index contributed by atoms with van der Waals surface area (Å²) in [4.78, 5) is 24.1. The minimum atomic E-state index is -0.310. The standard InChI is InChI=1S/C17H21N3O2/c1-11(2)10-20-15(21)9-8-14(19-20)17(22)18-16-12(3)6-5-7-13(16)4/h5-9,11H,10H2,1-4H3,(H,18,22). The topological polar surface area (TPSA) is 64.0 Å². The van der Waals surface area contributed by atoms with Crippen LogP contribution in [0.25, 0.3) is 0 Å². The van der Waals surface area contributed by atoms with Gasteiger partial charge in [-0.1, -0.05) is 32.0 Å². The summed E-state index contributed by atoms with van der Waals surface area (Å²) in [6.07, 6.45) is 0. The normalized spacial score (nSPS) is 10.8. The fraction of sp³-hybridized carbons (Fsp3) is 0.353. The molecule has 5 nitrogen and oxygen atoms in total. The van der Waals surface area contributed by atoms with Gasteiger partial charge in [0.25, 0.3) is 11.5 Å². The molecule has 1 heterocycles. The molecule has 0 bridgehead atoms. The first-order valence-corrected chi connectivity index (χ1v) is 7.34. The number of aryl methyl sites for hydroxylation is 2. The number of hydrogen-bond donors (Lipinski definition) is 1. The van der Waals surface area contributed by atoms with Crippen molar-refractivity contribution in [2.45, 2.75) is 34.2 Å². The number of anilines is 1. The van der Waals surface area contributed by atoms with Crippen molar-refractivity contribution in [1.82, 2.24) is 9.78 Å². The van der Waals surface area contributed by atoms with Crippen LogP contribution in [0.15, 0.2) is 35.1 Å². The van der Waals surface area contributed by atoms with Crippen molar-refractivity contribution >= 4 is 11.6 Å². The summed E-state index contributed by atoms with van der Waals surface area (Å²) in [5, 5.41) is 7.04. The summed E-state index contributed by atoms with van der Waals surface area (Å²) in [7, 11) is 0. The molecule has 116 valence electrons. The van der Waals surface area contributed by atoms with Crippen molar-refractivity contribution in [3.05, 3.63) is 57.5 Å². The highest BCUT2D eigenvalue weighted by Gasteiger charge is 2.13. The Kier molecular flexibility index (Phi) is 4.75. The van der Waals surface area contributed by atoms with E-state index in [4.69, 9.17) is 0 Å². The highest BCUT2D eigenvalue weighted by atomic mass is 16.2. The Hall–Kier alpha value is -2.43. The van der Waals surface area contributed by atoms with Crippen LogP contribution in [0.3, 0.4) is 0 Å². The lowest BCUT2D eigenvalue weighted by Crippen LogP contribution is -2.27. The van der Waals surface area contributed by atoms with Crippen LogP contribution in [0.5, 0.6) is 0 Å². The Labute approximate surface area is 130 Å². The number of para-hydroxylation sites is 1. The fourth-order valence-electron chi connectivity index (χ4n) is 2.24. The van der Waals surface area contributed by atoms with Gasteiger partial charge in [0.05, 0.1) is 0 Å². The van der Waals surface area contributed by atoms with E-state index in [1.165, 1.54) is 16.8 Å². The van der Waals surface area contributed by atoms with E-state index in [0.717, 1.165) is 16.8 Å². The van der Waals surface area contributed by atoms with E-state index in [9.17, 15) is 9.59 Å². The molecular weight excluding hydrogens is 278 g/mol. The Morgan fingerprint density at radius 3 is 2.41 bits per heavy atom. The molecule has 0 unspecified atom stereocenters. The SMILES string of the molecule is Cc1cccc(C)c1NC(=O)c1ccc(=O)n(CC(C)C)n1. The third-order valence-electron chi connectivity index (χ3n) is 3.36. The molecule has 0 radical (unpaired) electrons. The van der Waals surface area contributed by atoms with Gasteiger partial charge in [-0.3, -0.25) is 9.59 Å². The van der Waals surface area contributed by atoms with Crippen molar-refractivity contribution in [2.24, 2.45) is 5.92 Å².